The predicted molar refractivity (Wildman–Crippen MR) is 70.8 cm³/mol. The van der Waals surface area contributed by atoms with Gasteiger partial charge in [-0.1, -0.05) is 11.6 Å². The van der Waals surface area contributed by atoms with Gasteiger partial charge in [0, 0.05) is 5.56 Å². The Labute approximate surface area is 118 Å². The van der Waals surface area contributed by atoms with Gasteiger partial charge >= 0.3 is 5.97 Å². The van der Waals surface area contributed by atoms with E-state index < -0.39 is 5.97 Å². The third-order valence-electron chi connectivity index (χ3n) is 2.67. The van der Waals surface area contributed by atoms with Gasteiger partial charge in [-0.3, -0.25) is 5.10 Å². The van der Waals surface area contributed by atoms with Crippen molar-refractivity contribution in [3.8, 4) is 28.5 Å². The van der Waals surface area contributed by atoms with E-state index in [1.807, 2.05) is 0 Å². The maximum atomic E-state index is 10.8. The molecule has 1 aromatic heterocycles. The quantitative estimate of drug-likeness (QED) is 0.799. The first-order valence-electron chi connectivity index (χ1n) is 5.42. The molecular weight excluding hydrogens is 288 g/mol. The molecule has 0 aliphatic rings. The van der Waals surface area contributed by atoms with Crippen LogP contribution in [0, 0.1) is 0 Å². The van der Waals surface area contributed by atoms with Crippen molar-refractivity contribution in [3.05, 3.63) is 22.8 Å². The summed E-state index contributed by atoms with van der Waals surface area (Å²) < 4.78 is 10.2. The summed E-state index contributed by atoms with van der Waals surface area (Å²) in [5, 5.41) is 25.0. The first kappa shape index (κ1) is 14.0. The molecule has 8 heteroatoms. The second kappa shape index (κ2) is 5.30. The number of hydrogen-bond acceptors (Lipinski definition) is 5. The average molecular weight is 299 g/mol. The van der Waals surface area contributed by atoms with Gasteiger partial charge in [0.05, 0.1) is 19.9 Å². The molecule has 106 valence electrons. The summed E-state index contributed by atoms with van der Waals surface area (Å²) in [6, 6.07) is 2.74. The van der Waals surface area contributed by atoms with Crippen LogP contribution in [0.25, 0.3) is 11.3 Å². The number of carbonyl (C=O) groups is 1. The van der Waals surface area contributed by atoms with Crippen LogP contribution >= 0.6 is 11.6 Å². The molecule has 20 heavy (non-hydrogen) atoms. The zero-order valence-corrected chi connectivity index (χ0v) is 11.4. The van der Waals surface area contributed by atoms with Crippen molar-refractivity contribution in [2.75, 3.05) is 14.2 Å². The van der Waals surface area contributed by atoms with Crippen molar-refractivity contribution < 1.29 is 24.5 Å². The summed E-state index contributed by atoms with van der Waals surface area (Å²) in [7, 11) is 2.81. The highest BCUT2D eigenvalue weighted by atomic mass is 35.5. The monoisotopic (exact) mass is 298 g/mol. The summed E-state index contributed by atoms with van der Waals surface area (Å²) in [6.45, 7) is 0. The van der Waals surface area contributed by atoms with E-state index >= 15 is 0 Å². The minimum atomic E-state index is -1.16. The maximum absolute atomic E-state index is 10.8. The van der Waals surface area contributed by atoms with Crippen LogP contribution in [0.2, 0.25) is 5.02 Å². The number of phenols is 1. The lowest BCUT2D eigenvalue weighted by Crippen LogP contribution is -1.95. The first-order valence-corrected chi connectivity index (χ1v) is 5.79. The van der Waals surface area contributed by atoms with Crippen molar-refractivity contribution >= 4 is 17.6 Å². The number of rotatable bonds is 4. The van der Waals surface area contributed by atoms with Crippen LogP contribution in [0.1, 0.15) is 10.5 Å². The van der Waals surface area contributed by atoms with Crippen molar-refractivity contribution in [1.29, 1.82) is 0 Å². The highest BCUT2D eigenvalue weighted by Crippen LogP contribution is 2.46. The lowest BCUT2D eigenvalue weighted by molar-refractivity contribution is 0.0690. The zero-order valence-electron chi connectivity index (χ0n) is 10.6. The van der Waals surface area contributed by atoms with Crippen molar-refractivity contribution in [2.24, 2.45) is 0 Å². The SMILES string of the molecule is COc1cc(-c2cc(C(=O)O)[nH]n2)c(O)c(Cl)c1OC. The highest BCUT2D eigenvalue weighted by molar-refractivity contribution is 6.34. The van der Waals surface area contributed by atoms with E-state index in [9.17, 15) is 9.90 Å². The molecule has 0 unspecified atom stereocenters. The molecule has 0 radical (unpaired) electrons. The Morgan fingerprint density at radius 2 is 2.05 bits per heavy atom. The molecule has 0 saturated carbocycles. The van der Waals surface area contributed by atoms with Crippen molar-refractivity contribution in [2.45, 2.75) is 0 Å². The number of nitrogens with one attached hydrogen (secondary N) is 1. The molecule has 0 atom stereocenters. The van der Waals surface area contributed by atoms with E-state index in [1.165, 1.54) is 26.4 Å². The van der Waals surface area contributed by atoms with Crippen LogP contribution in [-0.4, -0.2) is 40.6 Å². The number of aromatic nitrogens is 2. The van der Waals surface area contributed by atoms with Gasteiger partial charge in [-0.2, -0.15) is 5.10 Å². The van der Waals surface area contributed by atoms with E-state index in [4.69, 9.17) is 26.2 Å². The molecule has 0 aliphatic carbocycles. The normalized spacial score (nSPS) is 10.3. The number of halogens is 1. The lowest BCUT2D eigenvalue weighted by Gasteiger charge is -2.12. The van der Waals surface area contributed by atoms with Crippen LogP contribution < -0.4 is 9.47 Å². The maximum Gasteiger partial charge on any atom is 0.353 e. The van der Waals surface area contributed by atoms with Crippen LogP contribution in [0.3, 0.4) is 0 Å². The number of aromatic hydroxyl groups is 1. The molecule has 1 heterocycles. The van der Waals surface area contributed by atoms with E-state index in [1.54, 1.807) is 0 Å². The number of aromatic amines is 1. The van der Waals surface area contributed by atoms with Gasteiger partial charge in [0.15, 0.2) is 11.5 Å². The molecule has 7 nitrogen and oxygen atoms in total. The highest BCUT2D eigenvalue weighted by Gasteiger charge is 2.21. The van der Waals surface area contributed by atoms with Gasteiger partial charge in [-0.05, 0) is 12.1 Å². The Morgan fingerprint density at radius 1 is 1.35 bits per heavy atom. The zero-order chi connectivity index (χ0) is 14.9. The van der Waals surface area contributed by atoms with Gasteiger partial charge in [-0.25, -0.2) is 4.79 Å². The molecule has 1 aromatic carbocycles. The fourth-order valence-electron chi connectivity index (χ4n) is 1.71. The molecule has 0 fully saturated rings. The molecule has 0 aliphatic heterocycles. The lowest BCUT2D eigenvalue weighted by atomic mass is 10.1. The number of carboxylic acids is 1. The van der Waals surface area contributed by atoms with E-state index in [2.05, 4.69) is 10.2 Å². The minimum absolute atomic E-state index is 0.0401. The summed E-state index contributed by atoms with van der Waals surface area (Å²) in [5.74, 6) is -0.947. The summed E-state index contributed by atoms with van der Waals surface area (Å²) in [4.78, 5) is 10.8. The number of benzene rings is 1. The Balaban J connectivity index is 2.61. The Morgan fingerprint density at radius 3 is 2.55 bits per heavy atom. The Kier molecular flexibility index (Phi) is 3.71. The number of nitrogens with zero attached hydrogens (tertiary/aromatic N) is 1. The molecule has 2 aromatic rings. The fraction of sp³-hybridized carbons (Fsp3) is 0.167. The van der Waals surface area contributed by atoms with Crippen LogP contribution in [0.15, 0.2) is 12.1 Å². The smallest absolute Gasteiger partial charge is 0.353 e. The fourth-order valence-corrected chi connectivity index (χ4v) is 1.98. The van der Waals surface area contributed by atoms with Crippen LogP contribution in [0.4, 0.5) is 0 Å². The summed E-state index contributed by atoms with van der Waals surface area (Å²) in [6.07, 6.45) is 0. The standard InChI is InChI=1S/C12H11ClN2O5/c1-19-8-3-5(10(16)9(13)11(8)20-2)6-4-7(12(17)18)15-14-6/h3-4,16H,1-2H3,(H,14,15)(H,17,18). The number of ether oxygens (including phenoxy) is 2. The molecule has 0 spiro atoms. The number of methoxy groups -OCH3 is 2. The number of phenolic OH excluding ortho intramolecular Hbond substituents is 1. The second-order valence-corrected chi connectivity index (χ2v) is 4.17. The summed E-state index contributed by atoms with van der Waals surface area (Å²) >= 11 is 5.99. The number of aromatic carboxylic acids is 1. The van der Waals surface area contributed by atoms with E-state index in [-0.39, 0.29) is 33.5 Å². The number of hydrogen-bond donors (Lipinski definition) is 3. The van der Waals surface area contributed by atoms with E-state index in [0.29, 0.717) is 5.75 Å². The van der Waals surface area contributed by atoms with E-state index in [0.717, 1.165) is 0 Å². The largest absolute Gasteiger partial charge is 0.506 e. The minimum Gasteiger partial charge on any atom is -0.506 e. The molecular formula is C12H11ClN2O5. The number of carboxylic acid groups (broad SMARTS) is 1. The molecule has 3 N–H and O–H groups in total. The molecule has 0 bridgehead atoms. The van der Waals surface area contributed by atoms with Crippen molar-refractivity contribution in [1.82, 2.24) is 10.2 Å². The third-order valence-corrected chi connectivity index (χ3v) is 3.02. The molecule has 0 amide bonds. The third kappa shape index (κ3) is 2.23. The molecule has 2 rings (SSSR count). The Bertz CT molecular complexity index is 668. The van der Waals surface area contributed by atoms with Gasteiger partial charge in [0.2, 0.25) is 0 Å². The van der Waals surface area contributed by atoms with Crippen LogP contribution in [0.5, 0.6) is 17.2 Å². The topological polar surface area (TPSA) is 105 Å². The van der Waals surface area contributed by atoms with Crippen molar-refractivity contribution in [3.63, 3.8) is 0 Å². The van der Waals surface area contributed by atoms with Gasteiger partial charge in [0.25, 0.3) is 0 Å². The predicted octanol–water partition coefficient (Wildman–Crippen LogP) is 2.15. The molecule has 0 saturated heterocycles. The number of H-pyrrole nitrogens is 1. The van der Waals surface area contributed by atoms with Crippen LogP contribution in [-0.2, 0) is 0 Å². The average Bonchev–Trinajstić information content (AvgIpc) is 2.91. The Hall–Kier alpha value is -2.41. The second-order valence-electron chi connectivity index (χ2n) is 3.79. The summed E-state index contributed by atoms with van der Waals surface area (Å²) in [5.41, 5.74) is 0.351. The van der Waals surface area contributed by atoms with Gasteiger partial charge in [-0.15, -0.1) is 0 Å². The van der Waals surface area contributed by atoms with Gasteiger partial charge < -0.3 is 19.7 Å². The van der Waals surface area contributed by atoms with Gasteiger partial charge in [0.1, 0.15) is 16.5 Å². The first-order chi connectivity index (χ1) is 9.49.